The Kier molecular flexibility index (Phi) is 2.97. The highest BCUT2D eigenvalue weighted by molar-refractivity contribution is 5.27. The molecule has 1 saturated heterocycles. The third kappa shape index (κ3) is 2.16. The van der Waals surface area contributed by atoms with Gasteiger partial charge in [-0.25, -0.2) is 0 Å². The molecule has 1 aliphatic heterocycles. The van der Waals surface area contributed by atoms with Crippen molar-refractivity contribution in [3.8, 4) is 0 Å². The third-order valence-corrected chi connectivity index (χ3v) is 1.68. The molecule has 0 bridgehead atoms. The summed E-state index contributed by atoms with van der Waals surface area (Å²) in [6, 6.07) is 0. The lowest BCUT2D eigenvalue weighted by Gasteiger charge is -2.19. The molecule has 0 aromatic heterocycles. The van der Waals surface area contributed by atoms with Crippen LogP contribution in [0.15, 0.2) is 36.3 Å². The van der Waals surface area contributed by atoms with Crippen molar-refractivity contribution in [3.63, 3.8) is 0 Å². The molecule has 66 valence electrons. The van der Waals surface area contributed by atoms with Gasteiger partial charge in [0.15, 0.2) is 11.5 Å². The van der Waals surface area contributed by atoms with Gasteiger partial charge < -0.3 is 9.47 Å². The average Bonchev–Trinajstić information content (AvgIpc) is 2.09. The Morgan fingerprint density at radius 2 is 2.17 bits per heavy atom. The molecule has 0 N–H and O–H groups in total. The maximum atomic E-state index is 5.34. The van der Waals surface area contributed by atoms with Crippen LogP contribution in [0.25, 0.3) is 0 Å². The van der Waals surface area contributed by atoms with Gasteiger partial charge in [-0.2, -0.15) is 0 Å². The summed E-state index contributed by atoms with van der Waals surface area (Å²) < 4.78 is 10.5. The van der Waals surface area contributed by atoms with E-state index in [4.69, 9.17) is 9.47 Å². The summed E-state index contributed by atoms with van der Waals surface area (Å²) in [6.07, 6.45) is 2.79. The minimum atomic E-state index is 0.592. The highest BCUT2D eigenvalue weighted by Gasteiger charge is 2.11. The molecule has 0 spiro atoms. The van der Waals surface area contributed by atoms with E-state index >= 15 is 0 Å². The molecule has 12 heavy (non-hydrogen) atoms. The van der Waals surface area contributed by atoms with Gasteiger partial charge in [-0.1, -0.05) is 25.7 Å². The Bertz CT molecular complexity index is 226. The van der Waals surface area contributed by atoms with Crippen LogP contribution in [0, 0.1) is 0 Å². The summed E-state index contributed by atoms with van der Waals surface area (Å²) in [7, 11) is 0. The van der Waals surface area contributed by atoms with E-state index < -0.39 is 0 Å². The van der Waals surface area contributed by atoms with E-state index in [1.807, 2.05) is 13.0 Å². The maximum Gasteiger partial charge on any atom is 0.160 e. The molecule has 0 amide bonds. The second kappa shape index (κ2) is 4.00. The van der Waals surface area contributed by atoms with Gasteiger partial charge in [-0.3, -0.25) is 0 Å². The van der Waals surface area contributed by atoms with Crippen LogP contribution in [0.2, 0.25) is 0 Å². The fourth-order valence-electron chi connectivity index (χ4n) is 0.878. The first-order chi connectivity index (χ1) is 5.74. The van der Waals surface area contributed by atoms with Gasteiger partial charge in [-0.05, 0) is 12.5 Å². The van der Waals surface area contributed by atoms with Gasteiger partial charge in [-0.15, -0.1) is 0 Å². The van der Waals surface area contributed by atoms with Crippen molar-refractivity contribution in [1.82, 2.24) is 0 Å². The van der Waals surface area contributed by atoms with Crippen molar-refractivity contribution < 1.29 is 9.47 Å². The summed E-state index contributed by atoms with van der Waals surface area (Å²) in [4.78, 5) is 0. The molecule has 0 saturated carbocycles. The number of hydrogen-bond acceptors (Lipinski definition) is 2. The quantitative estimate of drug-likeness (QED) is 0.627. The largest absolute Gasteiger partial charge is 0.487 e. The van der Waals surface area contributed by atoms with Crippen molar-refractivity contribution in [1.29, 1.82) is 0 Å². The van der Waals surface area contributed by atoms with Crippen molar-refractivity contribution in [2.24, 2.45) is 0 Å². The summed E-state index contributed by atoms with van der Waals surface area (Å²) in [5.74, 6) is 1.32. The lowest BCUT2D eigenvalue weighted by atomic mass is 10.2. The first kappa shape index (κ1) is 8.91. The summed E-state index contributed by atoms with van der Waals surface area (Å²) in [6.45, 7) is 10.8. The normalized spacial score (nSPS) is 20.1. The molecule has 0 unspecified atom stereocenters. The molecule has 0 aliphatic carbocycles. The molecule has 1 heterocycles. The summed E-state index contributed by atoms with van der Waals surface area (Å²) in [5, 5.41) is 0. The minimum absolute atomic E-state index is 0.592. The zero-order valence-electron chi connectivity index (χ0n) is 7.43. The van der Waals surface area contributed by atoms with Crippen LogP contribution in [0.1, 0.15) is 13.3 Å². The molecule has 0 radical (unpaired) electrons. The Labute approximate surface area is 73.2 Å². The maximum absolute atomic E-state index is 5.34. The van der Waals surface area contributed by atoms with Gasteiger partial charge >= 0.3 is 0 Å². The van der Waals surface area contributed by atoms with Gasteiger partial charge in [0.2, 0.25) is 0 Å². The molecule has 2 heteroatoms. The molecular formula is C10H14O2. The van der Waals surface area contributed by atoms with E-state index in [1.54, 1.807) is 0 Å². The first-order valence-electron chi connectivity index (χ1n) is 4.08. The summed E-state index contributed by atoms with van der Waals surface area (Å²) >= 11 is 0. The molecular weight excluding hydrogens is 152 g/mol. The average molecular weight is 166 g/mol. The van der Waals surface area contributed by atoms with E-state index in [9.17, 15) is 0 Å². The molecule has 0 atom stereocenters. The Hall–Kier alpha value is -1.18. The van der Waals surface area contributed by atoms with Crippen LogP contribution >= 0.6 is 0 Å². The second-order valence-electron chi connectivity index (χ2n) is 2.64. The Morgan fingerprint density at radius 1 is 1.50 bits per heavy atom. The standard InChI is InChI=1S/C10H14O2/c1-4-8(2)7-10-9(3)11-5-6-12-10/h7H,2-6H2,1H3/b10-7+. The zero-order chi connectivity index (χ0) is 8.97. The molecule has 1 aliphatic rings. The van der Waals surface area contributed by atoms with Gasteiger partial charge in [0.1, 0.15) is 13.2 Å². The summed E-state index contributed by atoms with van der Waals surface area (Å²) in [5.41, 5.74) is 1.02. The van der Waals surface area contributed by atoms with Crippen molar-refractivity contribution in [2.45, 2.75) is 13.3 Å². The Balaban J connectivity index is 2.65. The van der Waals surface area contributed by atoms with Crippen LogP contribution in [-0.2, 0) is 9.47 Å². The zero-order valence-corrected chi connectivity index (χ0v) is 7.43. The molecule has 0 aromatic carbocycles. The SMILES string of the molecule is C=C(/C=C1/OCCOC1=C)CC. The number of rotatable bonds is 2. The Morgan fingerprint density at radius 3 is 2.75 bits per heavy atom. The van der Waals surface area contributed by atoms with Gasteiger partial charge in [0.05, 0.1) is 0 Å². The molecule has 0 aromatic rings. The fraction of sp³-hybridized carbons (Fsp3) is 0.400. The predicted molar refractivity (Wildman–Crippen MR) is 48.6 cm³/mol. The smallest absolute Gasteiger partial charge is 0.160 e. The van der Waals surface area contributed by atoms with E-state index in [2.05, 4.69) is 13.2 Å². The molecule has 1 fully saturated rings. The first-order valence-corrected chi connectivity index (χ1v) is 4.08. The highest BCUT2D eigenvalue weighted by Crippen LogP contribution is 2.18. The highest BCUT2D eigenvalue weighted by atomic mass is 16.6. The lowest BCUT2D eigenvalue weighted by molar-refractivity contribution is 0.0604. The van der Waals surface area contributed by atoms with Crippen LogP contribution < -0.4 is 0 Å². The van der Waals surface area contributed by atoms with Crippen LogP contribution in [0.3, 0.4) is 0 Å². The molecule has 1 rings (SSSR count). The van der Waals surface area contributed by atoms with E-state index in [0.29, 0.717) is 24.7 Å². The topological polar surface area (TPSA) is 18.5 Å². The third-order valence-electron chi connectivity index (χ3n) is 1.68. The fourth-order valence-corrected chi connectivity index (χ4v) is 0.878. The molecule has 2 nitrogen and oxygen atoms in total. The number of ether oxygens (including phenoxy) is 2. The van der Waals surface area contributed by atoms with Crippen LogP contribution in [0.4, 0.5) is 0 Å². The van der Waals surface area contributed by atoms with Gasteiger partial charge in [0, 0.05) is 0 Å². The van der Waals surface area contributed by atoms with Crippen molar-refractivity contribution in [2.75, 3.05) is 13.2 Å². The second-order valence-corrected chi connectivity index (χ2v) is 2.64. The number of hydrogen-bond donors (Lipinski definition) is 0. The van der Waals surface area contributed by atoms with Gasteiger partial charge in [0.25, 0.3) is 0 Å². The predicted octanol–water partition coefficient (Wildman–Crippen LogP) is 2.40. The van der Waals surface area contributed by atoms with E-state index in [1.165, 1.54) is 0 Å². The lowest BCUT2D eigenvalue weighted by Crippen LogP contribution is -2.13. The minimum Gasteiger partial charge on any atom is -0.487 e. The van der Waals surface area contributed by atoms with Crippen molar-refractivity contribution in [3.05, 3.63) is 36.3 Å². The van der Waals surface area contributed by atoms with Crippen LogP contribution in [-0.4, -0.2) is 13.2 Å². The monoisotopic (exact) mass is 166 g/mol. The number of allylic oxidation sites excluding steroid dienone is 2. The van der Waals surface area contributed by atoms with Crippen molar-refractivity contribution >= 4 is 0 Å². The van der Waals surface area contributed by atoms with E-state index in [0.717, 1.165) is 12.0 Å². The van der Waals surface area contributed by atoms with Crippen LogP contribution in [0.5, 0.6) is 0 Å². The van der Waals surface area contributed by atoms with E-state index in [-0.39, 0.29) is 0 Å².